The van der Waals surface area contributed by atoms with E-state index in [1.807, 2.05) is 26.0 Å². The van der Waals surface area contributed by atoms with Crippen molar-refractivity contribution in [3.63, 3.8) is 0 Å². The Labute approximate surface area is 212 Å². The predicted molar refractivity (Wildman–Crippen MR) is 132 cm³/mol. The molecule has 2 saturated carbocycles. The van der Waals surface area contributed by atoms with Gasteiger partial charge in [0.1, 0.15) is 0 Å². The second kappa shape index (κ2) is 8.95. The van der Waals surface area contributed by atoms with Gasteiger partial charge in [-0.2, -0.15) is 0 Å². The Morgan fingerprint density at radius 1 is 1.00 bits per heavy atom. The van der Waals surface area contributed by atoms with Crippen molar-refractivity contribution in [3.05, 3.63) is 59.2 Å². The minimum absolute atomic E-state index is 0.126. The van der Waals surface area contributed by atoms with Crippen LogP contribution in [-0.4, -0.2) is 41.1 Å². The van der Waals surface area contributed by atoms with Crippen molar-refractivity contribution in [1.29, 1.82) is 0 Å². The molecule has 2 aromatic carbocycles. The zero-order valence-corrected chi connectivity index (χ0v) is 20.7. The van der Waals surface area contributed by atoms with Crippen LogP contribution in [0.5, 0.6) is 0 Å². The predicted octanol–water partition coefficient (Wildman–Crippen LogP) is 4.07. The van der Waals surface area contributed by atoms with E-state index in [-0.39, 0.29) is 40.0 Å². The molecule has 7 nitrogen and oxygen atoms in total. The summed E-state index contributed by atoms with van der Waals surface area (Å²) in [6.45, 7) is 3.36. The van der Waals surface area contributed by atoms with E-state index in [9.17, 15) is 19.2 Å². The van der Waals surface area contributed by atoms with E-state index in [2.05, 4.69) is 5.32 Å². The number of halogens is 2. The van der Waals surface area contributed by atoms with Gasteiger partial charge in [-0.25, -0.2) is 4.79 Å². The van der Waals surface area contributed by atoms with Crippen molar-refractivity contribution in [2.45, 2.75) is 31.0 Å². The van der Waals surface area contributed by atoms with Gasteiger partial charge in [0.05, 0.1) is 33.8 Å². The summed E-state index contributed by atoms with van der Waals surface area (Å²) >= 11 is 12.8. The highest BCUT2D eigenvalue weighted by Crippen LogP contribution is 2.59. The zero-order chi connectivity index (χ0) is 25.0. The van der Waals surface area contributed by atoms with Crippen molar-refractivity contribution < 1.29 is 23.9 Å². The summed E-state index contributed by atoms with van der Waals surface area (Å²) in [4.78, 5) is 52.4. The smallest absolute Gasteiger partial charge is 0.338 e. The third-order valence-electron chi connectivity index (χ3n) is 7.32. The number of rotatable bonds is 5. The van der Waals surface area contributed by atoms with E-state index in [1.165, 1.54) is 12.1 Å². The number of hydrogen-bond donors (Lipinski definition) is 1. The first-order valence-electron chi connectivity index (χ1n) is 11.5. The maximum Gasteiger partial charge on any atom is 0.338 e. The summed E-state index contributed by atoms with van der Waals surface area (Å²) < 4.78 is 5.17. The number of esters is 1. The third kappa shape index (κ3) is 4.00. The van der Waals surface area contributed by atoms with Crippen LogP contribution in [0.25, 0.3) is 0 Å². The fourth-order valence-corrected chi connectivity index (χ4v) is 6.62. The Morgan fingerprint density at radius 2 is 1.66 bits per heavy atom. The van der Waals surface area contributed by atoms with Crippen LogP contribution in [0.1, 0.15) is 27.9 Å². The van der Waals surface area contributed by atoms with E-state index in [4.69, 9.17) is 27.9 Å². The first kappa shape index (κ1) is 23.8. The Morgan fingerprint density at radius 3 is 2.29 bits per heavy atom. The second-order valence-electron chi connectivity index (χ2n) is 9.51. The summed E-state index contributed by atoms with van der Waals surface area (Å²) in [5.41, 5.74) is 3.04. The van der Waals surface area contributed by atoms with Gasteiger partial charge in [-0.1, -0.05) is 23.8 Å². The largest absolute Gasteiger partial charge is 0.452 e. The summed E-state index contributed by atoms with van der Waals surface area (Å²) in [7, 11) is 0. The number of nitrogens with zero attached hydrogens (tertiary/aromatic N) is 1. The van der Waals surface area contributed by atoms with E-state index in [0.29, 0.717) is 17.8 Å². The van der Waals surface area contributed by atoms with Crippen molar-refractivity contribution in [2.24, 2.45) is 23.7 Å². The molecule has 6 atom stereocenters. The number of carbonyl (C=O) groups is 4. The van der Waals surface area contributed by atoms with E-state index in [0.717, 1.165) is 16.0 Å². The first-order valence-corrected chi connectivity index (χ1v) is 12.3. The minimum Gasteiger partial charge on any atom is -0.452 e. The van der Waals surface area contributed by atoms with Crippen LogP contribution < -0.4 is 10.2 Å². The monoisotopic (exact) mass is 514 g/mol. The molecule has 2 bridgehead atoms. The number of amides is 3. The number of benzene rings is 2. The van der Waals surface area contributed by atoms with Gasteiger partial charge >= 0.3 is 5.97 Å². The van der Waals surface area contributed by atoms with Crippen LogP contribution in [0.4, 0.5) is 11.4 Å². The molecule has 1 aliphatic heterocycles. The second-order valence-corrected chi connectivity index (χ2v) is 10.5. The highest BCUT2D eigenvalue weighted by atomic mass is 35.5. The number of anilines is 2. The molecule has 3 amide bonds. The Bertz CT molecular complexity index is 1220. The van der Waals surface area contributed by atoms with Crippen LogP contribution in [0, 0.1) is 37.5 Å². The molecule has 0 radical (unpaired) electrons. The molecule has 5 rings (SSSR count). The quantitative estimate of drug-likeness (QED) is 0.368. The molecule has 3 fully saturated rings. The molecule has 0 spiro atoms. The molecule has 182 valence electrons. The number of aryl methyl sites for hydroxylation is 2. The third-order valence-corrected chi connectivity index (χ3v) is 8.64. The topological polar surface area (TPSA) is 92.8 Å². The van der Waals surface area contributed by atoms with Gasteiger partial charge in [0.15, 0.2) is 6.61 Å². The van der Waals surface area contributed by atoms with Crippen LogP contribution in [-0.2, 0) is 19.1 Å². The lowest BCUT2D eigenvalue weighted by Crippen LogP contribution is -2.37. The van der Waals surface area contributed by atoms with Crippen molar-refractivity contribution in [2.75, 3.05) is 16.8 Å². The highest BCUT2D eigenvalue weighted by Gasteiger charge is 2.66. The molecule has 2 aliphatic carbocycles. The van der Waals surface area contributed by atoms with Gasteiger partial charge in [0, 0.05) is 5.69 Å². The molecule has 1 heterocycles. The van der Waals surface area contributed by atoms with Gasteiger partial charge in [0.25, 0.3) is 5.91 Å². The summed E-state index contributed by atoms with van der Waals surface area (Å²) in [5.74, 6) is -3.02. The fraction of sp³-hybridized carbons (Fsp3) is 0.385. The van der Waals surface area contributed by atoms with Gasteiger partial charge in [-0.3, -0.25) is 19.3 Å². The summed E-state index contributed by atoms with van der Waals surface area (Å²) in [5, 5.41) is 2.05. The lowest BCUT2D eigenvalue weighted by atomic mass is 9.80. The molecule has 1 saturated heterocycles. The maximum absolute atomic E-state index is 13.2. The molecule has 2 aromatic rings. The standard InChI is InChI=1S/C26H24Cl2N2O5/c1-12-6-7-18(13(2)8-12)29-19(31)11-35-26(34)14-4-3-5-15(9-14)30-24(32)20-16-10-17(21(20)25(30)33)23(28)22(16)27/h3-9,16-17,20-23H,10-11H2,1-2H3,(H,29,31)/t16-,17-,20-,21-,22-,23+/m1/s1. The van der Waals surface area contributed by atoms with E-state index < -0.39 is 30.3 Å². The van der Waals surface area contributed by atoms with Crippen molar-refractivity contribution in [1.82, 2.24) is 0 Å². The maximum atomic E-state index is 13.2. The molecular weight excluding hydrogens is 491 g/mol. The van der Waals surface area contributed by atoms with Gasteiger partial charge in [0.2, 0.25) is 11.8 Å². The molecule has 35 heavy (non-hydrogen) atoms. The van der Waals surface area contributed by atoms with Gasteiger partial charge < -0.3 is 10.1 Å². The number of alkyl halides is 2. The lowest BCUT2D eigenvalue weighted by Gasteiger charge is -2.28. The summed E-state index contributed by atoms with van der Waals surface area (Å²) in [6, 6.07) is 11.7. The van der Waals surface area contributed by atoms with E-state index >= 15 is 0 Å². The molecular formula is C26H24Cl2N2O5. The first-order chi connectivity index (χ1) is 16.7. The van der Waals surface area contributed by atoms with Crippen LogP contribution in [0.15, 0.2) is 42.5 Å². The highest BCUT2D eigenvalue weighted by molar-refractivity contribution is 6.32. The fourth-order valence-electron chi connectivity index (χ4n) is 5.73. The van der Waals surface area contributed by atoms with Gasteiger partial charge in [-0.15, -0.1) is 23.2 Å². The Balaban J connectivity index is 1.26. The van der Waals surface area contributed by atoms with E-state index in [1.54, 1.807) is 18.2 Å². The molecule has 0 aromatic heterocycles. The van der Waals surface area contributed by atoms with Crippen LogP contribution in [0.3, 0.4) is 0 Å². The zero-order valence-electron chi connectivity index (χ0n) is 19.2. The van der Waals surface area contributed by atoms with Gasteiger partial charge in [-0.05, 0) is 61.9 Å². The van der Waals surface area contributed by atoms with Crippen LogP contribution in [0.2, 0.25) is 0 Å². The summed E-state index contributed by atoms with van der Waals surface area (Å²) in [6.07, 6.45) is 0.680. The Kier molecular flexibility index (Phi) is 6.09. The SMILES string of the molecule is Cc1ccc(NC(=O)COC(=O)c2cccc(N3C(=O)[C@@H]4[C@H]5C[C@@H]([C@@H](Cl)[C@H]5Cl)[C@H]4C3=O)c2)c(C)c1. The van der Waals surface area contributed by atoms with Crippen LogP contribution >= 0.6 is 23.2 Å². The number of fused-ring (bicyclic) bond motifs is 5. The number of nitrogens with one attached hydrogen (secondary N) is 1. The number of imide groups is 1. The number of hydrogen-bond acceptors (Lipinski definition) is 5. The number of carbonyl (C=O) groups excluding carboxylic acids is 4. The minimum atomic E-state index is -0.733. The Hall–Kier alpha value is -2.90. The average molecular weight is 515 g/mol. The molecule has 9 heteroatoms. The molecule has 0 unspecified atom stereocenters. The van der Waals surface area contributed by atoms with Crippen molar-refractivity contribution >= 4 is 58.3 Å². The molecule has 1 N–H and O–H groups in total. The normalized spacial score (nSPS) is 28.9. The lowest BCUT2D eigenvalue weighted by molar-refractivity contribution is -0.123. The number of ether oxygens (including phenoxy) is 1. The average Bonchev–Trinajstić information content (AvgIpc) is 3.44. The molecule has 3 aliphatic rings. The van der Waals surface area contributed by atoms with Crippen molar-refractivity contribution in [3.8, 4) is 0 Å².